The van der Waals surface area contributed by atoms with Crippen molar-refractivity contribution in [2.24, 2.45) is 0 Å². The third-order valence-electron chi connectivity index (χ3n) is 4.19. The third kappa shape index (κ3) is 5.80. The van der Waals surface area contributed by atoms with Crippen molar-refractivity contribution >= 4 is 5.91 Å². The summed E-state index contributed by atoms with van der Waals surface area (Å²) in [5.74, 6) is 1.44. The largest absolute Gasteiger partial charge is 0.491 e. The summed E-state index contributed by atoms with van der Waals surface area (Å²) in [5.41, 5.74) is 3.33. The summed E-state index contributed by atoms with van der Waals surface area (Å²) in [7, 11) is 0. The predicted octanol–water partition coefficient (Wildman–Crippen LogP) is 4.35. The van der Waals surface area contributed by atoms with Crippen molar-refractivity contribution in [3.05, 3.63) is 59.2 Å². The van der Waals surface area contributed by atoms with Gasteiger partial charge in [0.1, 0.15) is 18.1 Å². The maximum atomic E-state index is 12.5. The molecule has 0 spiro atoms. The molecule has 4 nitrogen and oxygen atoms in total. The topological polar surface area (TPSA) is 47.6 Å². The van der Waals surface area contributed by atoms with Gasteiger partial charge in [-0.15, -0.1) is 0 Å². The SMILES string of the molecule is CC[C@H](Oc1cc(C)ccc1C)C(=O)N[C@H](C)COc1ccc(C)cc1. The minimum absolute atomic E-state index is 0.111. The second-order valence-electron chi connectivity index (χ2n) is 6.82. The number of ether oxygens (including phenoxy) is 2. The first-order valence-corrected chi connectivity index (χ1v) is 9.12. The molecule has 0 saturated heterocycles. The summed E-state index contributed by atoms with van der Waals surface area (Å²) in [5, 5.41) is 2.98. The van der Waals surface area contributed by atoms with Crippen LogP contribution in [0, 0.1) is 20.8 Å². The van der Waals surface area contributed by atoms with Crippen LogP contribution in [0.25, 0.3) is 0 Å². The van der Waals surface area contributed by atoms with Gasteiger partial charge in [0.25, 0.3) is 5.91 Å². The van der Waals surface area contributed by atoms with Crippen LogP contribution in [0.1, 0.15) is 37.0 Å². The van der Waals surface area contributed by atoms with Gasteiger partial charge in [0, 0.05) is 0 Å². The Morgan fingerprint density at radius 1 is 1.04 bits per heavy atom. The second kappa shape index (κ2) is 9.27. The highest BCUT2D eigenvalue weighted by molar-refractivity contribution is 5.81. The normalized spacial score (nSPS) is 13.0. The Morgan fingerprint density at radius 3 is 2.35 bits per heavy atom. The van der Waals surface area contributed by atoms with Gasteiger partial charge in [-0.25, -0.2) is 0 Å². The lowest BCUT2D eigenvalue weighted by Crippen LogP contribution is -2.44. The Morgan fingerprint density at radius 2 is 1.69 bits per heavy atom. The van der Waals surface area contributed by atoms with Gasteiger partial charge >= 0.3 is 0 Å². The van der Waals surface area contributed by atoms with Gasteiger partial charge in [-0.05, 0) is 63.4 Å². The molecule has 1 amide bonds. The van der Waals surface area contributed by atoms with Crippen LogP contribution in [-0.4, -0.2) is 24.7 Å². The zero-order valence-electron chi connectivity index (χ0n) is 16.3. The maximum absolute atomic E-state index is 12.5. The van der Waals surface area contributed by atoms with E-state index in [1.807, 2.05) is 77.1 Å². The van der Waals surface area contributed by atoms with E-state index < -0.39 is 6.10 Å². The molecule has 0 aliphatic rings. The molecule has 2 aromatic carbocycles. The molecule has 2 aromatic rings. The highest BCUT2D eigenvalue weighted by Crippen LogP contribution is 2.21. The average Bonchev–Trinajstić information content (AvgIpc) is 2.61. The highest BCUT2D eigenvalue weighted by atomic mass is 16.5. The molecule has 4 heteroatoms. The van der Waals surface area contributed by atoms with Crippen molar-refractivity contribution in [2.75, 3.05) is 6.61 Å². The van der Waals surface area contributed by atoms with Crippen LogP contribution in [0.15, 0.2) is 42.5 Å². The van der Waals surface area contributed by atoms with E-state index in [2.05, 4.69) is 5.32 Å². The molecule has 0 fully saturated rings. The summed E-state index contributed by atoms with van der Waals surface area (Å²) in [6.45, 7) is 10.3. The van der Waals surface area contributed by atoms with Crippen molar-refractivity contribution in [2.45, 2.75) is 53.2 Å². The third-order valence-corrected chi connectivity index (χ3v) is 4.19. The fourth-order valence-corrected chi connectivity index (χ4v) is 2.54. The van der Waals surface area contributed by atoms with Crippen molar-refractivity contribution in [1.82, 2.24) is 5.32 Å². The first-order chi connectivity index (χ1) is 12.4. The number of rotatable bonds is 8. The maximum Gasteiger partial charge on any atom is 0.261 e. The quantitative estimate of drug-likeness (QED) is 0.766. The molecule has 0 heterocycles. The molecule has 140 valence electrons. The first kappa shape index (κ1) is 19.8. The summed E-state index contributed by atoms with van der Waals surface area (Å²) in [6.07, 6.45) is 0.0856. The van der Waals surface area contributed by atoms with Gasteiger partial charge in [-0.2, -0.15) is 0 Å². The Labute approximate surface area is 156 Å². The second-order valence-corrected chi connectivity index (χ2v) is 6.82. The Balaban J connectivity index is 1.89. The zero-order valence-corrected chi connectivity index (χ0v) is 16.3. The lowest BCUT2D eigenvalue weighted by molar-refractivity contribution is -0.129. The standard InChI is InChI=1S/C22H29NO3/c1-6-20(26-21-13-16(3)7-10-17(21)4)22(24)23-18(5)14-25-19-11-8-15(2)9-12-19/h7-13,18,20H,6,14H2,1-5H3,(H,23,24)/t18-,20+/m1/s1. The Bertz CT molecular complexity index is 725. The molecule has 0 aromatic heterocycles. The molecule has 0 radical (unpaired) electrons. The van der Waals surface area contributed by atoms with Crippen LogP contribution < -0.4 is 14.8 Å². The molecule has 1 N–H and O–H groups in total. The van der Waals surface area contributed by atoms with Crippen LogP contribution in [0.3, 0.4) is 0 Å². The van der Waals surface area contributed by atoms with Crippen LogP contribution in [-0.2, 0) is 4.79 Å². The molecule has 0 bridgehead atoms. The number of carbonyl (C=O) groups is 1. The summed E-state index contributed by atoms with van der Waals surface area (Å²) >= 11 is 0. The van der Waals surface area contributed by atoms with Crippen molar-refractivity contribution in [3.63, 3.8) is 0 Å². The number of hydrogen-bond donors (Lipinski definition) is 1. The molecular weight excluding hydrogens is 326 g/mol. The van der Waals surface area contributed by atoms with Gasteiger partial charge < -0.3 is 14.8 Å². The van der Waals surface area contributed by atoms with Crippen LogP contribution >= 0.6 is 0 Å². The van der Waals surface area contributed by atoms with E-state index in [0.29, 0.717) is 13.0 Å². The van der Waals surface area contributed by atoms with E-state index in [1.165, 1.54) is 5.56 Å². The minimum Gasteiger partial charge on any atom is -0.491 e. The fourth-order valence-electron chi connectivity index (χ4n) is 2.54. The number of nitrogens with one attached hydrogen (secondary N) is 1. The van der Waals surface area contributed by atoms with Gasteiger partial charge in [-0.3, -0.25) is 4.79 Å². The molecule has 0 unspecified atom stereocenters. The summed E-state index contributed by atoms with van der Waals surface area (Å²) in [6, 6.07) is 13.8. The predicted molar refractivity (Wildman–Crippen MR) is 105 cm³/mol. The number of carbonyl (C=O) groups excluding carboxylic acids is 1. The van der Waals surface area contributed by atoms with Crippen LogP contribution in [0.4, 0.5) is 0 Å². The lowest BCUT2D eigenvalue weighted by Gasteiger charge is -2.22. The van der Waals surface area contributed by atoms with E-state index in [4.69, 9.17) is 9.47 Å². The molecule has 2 atom stereocenters. The van der Waals surface area contributed by atoms with Crippen molar-refractivity contribution < 1.29 is 14.3 Å². The van der Waals surface area contributed by atoms with E-state index in [1.54, 1.807) is 0 Å². The van der Waals surface area contributed by atoms with Crippen LogP contribution in [0.2, 0.25) is 0 Å². The van der Waals surface area contributed by atoms with Gasteiger partial charge in [-0.1, -0.05) is 36.8 Å². The van der Waals surface area contributed by atoms with Crippen LogP contribution in [0.5, 0.6) is 11.5 Å². The van der Waals surface area contributed by atoms with Crippen molar-refractivity contribution in [1.29, 1.82) is 0 Å². The van der Waals surface area contributed by atoms with Gasteiger partial charge in [0.15, 0.2) is 6.10 Å². The summed E-state index contributed by atoms with van der Waals surface area (Å²) < 4.78 is 11.7. The van der Waals surface area contributed by atoms with Gasteiger partial charge in [0.2, 0.25) is 0 Å². The van der Waals surface area contributed by atoms with E-state index >= 15 is 0 Å². The number of amides is 1. The number of benzene rings is 2. The highest BCUT2D eigenvalue weighted by Gasteiger charge is 2.21. The average molecular weight is 355 g/mol. The minimum atomic E-state index is -0.516. The molecular formula is C22H29NO3. The number of hydrogen-bond acceptors (Lipinski definition) is 3. The monoisotopic (exact) mass is 355 g/mol. The lowest BCUT2D eigenvalue weighted by atomic mass is 10.1. The van der Waals surface area contributed by atoms with E-state index in [0.717, 1.165) is 22.6 Å². The number of aryl methyl sites for hydroxylation is 3. The summed E-state index contributed by atoms with van der Waals surface area (Å²) in [4.78, 5) is 12.5. The molecule has 0 saturated carbocycles. The van der Waals surface area contributed by atoms with Crippen molar-refractivity contribution in [3.8, 4) is 11.5 Å². The smallest absolute Gasteiger partial charge is 0.261 e. The van der Waals surface area contributed by atoms with E-state index in [-0.39, 0.29) is 11.9 Å². The first-order valence-electron chi connectivity index (χ1n) is 9.12. The van der Waals surface area contributed by atoms with E-state index in [9.17, 15) is 4.79 Å². The fraction of sp³-hybridized carbons (Fsp3) is 0.409. The molecule has 0 aliphatic carbocycles. The van der Waals surface area contributed by atoms with Gasteiger partial charge in [0.05, 0.1) is 6.04 Å². The Hall–Kier alpha value is -2.49. The Kier molecular flexibility index (Phi) is 7.07. The zero-order chi connectivity index (χ0) is 19.1. The molecule has 26 heavy (non-hydrogen) atoms. The molecule has 2 rings (SSSR count). The molecule has 0 aliphatic heterocycles.